The Labute approximate surface area is 134 Å². The van der Waals surface area contributed by atoms with Crippen molar-refractivity contribution in [2.75, 3.05) is 5.32 Å². The number of hydrogen-bond donors (Lipinski definition) is 1. The third-order valence-corrected chi connectivity index (χ3v) is 4.53. The summed E-state index contributed by atoms with van der Waals surface area (Å²) in [5.41, 5.74) is 1.57. The number of nitrogens with zero attached hydrogens (tertiary/aromatic N) is 1. The van der Waals surface area contributed by atoms with Crippen molar-refractivity contribution in [3.05, 3.63) is 63.4 Å². The zero-order chi connectivity index (χ0) is 14.8. The van der Waals surface area contributed by atoms with Crippen molar-refractivity contribution in [3.8, 4) is 6.07 Å². The number of hydrogen-bond acceptors (Lipinski definition) is 3. The molecule has 3 aromatic rings. The van der Waals surface area contributed by atoms with Gasteiger partial charge in [-0.25, -0.2) is 0 Å². The molecule has 0 saturated heterocycles. The molecule has 0 bridgehead atoms. The fourth-order valence-electron chi connectivity index (χ4n) is 2.06. The van der Waals surface area contributed by atoms with Crippen LogP contribution in [0.1, 0.15) is 15.9 Å². The molecule has 0 aliphatic rings. The smallest absolute Gasteiger partial charge is 0.257 e. The van der Waals surface area contributed by atoms with Gasteiger partial charge in [0.15, 0.2) is 0 Å². The number of rotatable bonds is 2. The van der Waals surface area contributed by atoms with Gasteiger partial charge < -0.3 is 5.32 Å². The van der Waals surface area contributed by atoms with Gasteiger partial charge in [-0.1, -0.05) is 34.1 Å². The molecule has 0 saturated carbocycles. The minimum atomic E-state index is -0.206. The van der Waals surface area contributed by atoms with Gasteiger partial charge in [0.25, 0.3) is 5.91 Å². The molecule has 5 heteroatoms. The van der Waals surface area contributed by atoms with E-state index in [0.717, 1.165) is 14.6 Å². The lowest BCUT2D eigenvalue weighted by Gasteiger charge is -2.07. The van der Waals surface area contributed by atoms with E-state index in [0.29, 0.717) is 16.8 Å². The quantitative estimate of drug-likeness (QED) is 0.717. The number of benzene rings is 2. The molecule has 1 amide bonds. The van der Waals surface area contributed by atoms with Crippen LogP contribution in [0.2, 0.25) is 0 Å². The van der Waals surface area contributed by atoms with E-state index in [1.54, 1.807) is 18.2 Å². The SMILES string of the molecule is N#Cc1ccc(Br)cc1NC(=O)c1csc2ccccc12. The summed E-state index contributed by atoms with van der Waals surface area (Å²) < 4.78 is 1.88. The highest BCUT2D eigenvalue weighted by molar-refractivity contribution is 9.10. The average Bonchev–Trinajstić information content (AvgIpc) is 2.91. The molecule has 1 N–H and O–H groups in total. The third kappa shape index (κ3) is 2.68. The molecule has 3 nitrogen and oxygen atoms in total. The Kier molecular flexibility index (Phi) is 3.74. The number of thiophene rings is 1. The van der Waals surface area contributed by atoms with Crippen molar-refractivity contribution in [2.24, 2.45) is 0 Å². The monoisotopic (exact) mass is 356 g/mol. The lowest BCUT2D eigenvalue weighted by molar-refractivity contribution is 0.102. The molecule has 3 rings (SSSR count). The first kappa shape index (κ1) is 13.8. The molecule has 0 atom stereocenters. The Morgan fingerprint density at radius 2 is 2.05 bits per heavy atom. The van der Waals surface area contributed by atoms with Crippen molar-refractivity contribution in [2.45, 2.75) is 0 Å². The summed E-state index contributed by atoms with van der Waals surface area (Å²) in [5, 5.41) is 14.7. The average molecular weight is 357 g/mol. The fraction of sp³-hybridized carbons (Fsp3) is 0. The molecular weight excluding hydrogens is 348 g/mol. The van der Waals surface area contributed by atoms with Gasteiger partial charge in [0, 0.05) is 19.9 Å². The van der Waals surface area contributed by atoms with E-state index in [1.165, 1.54) is 11.3 Å². The lowest BCUT2D eigenvalue weighted by Crippen LogP contribution is -2.12. The second-order valence-electron chi connectivity index (χ2n) is 4.40. The number of halogens is 1. The highest BCUT2D eigenvalue weighted by atomic mass is 79.9. The summed E-state index contributed by atoms with van der Waals surface area (Å²) in [7, 11) is 0. The van der Waals surface area contributed by atoms with Crippen LogP contribution in [-0.4, -0.2) is 5.91 Å². The topological polar surface area (TPSA) is 52.9 Å². The predicted molar refractivity (Wildman–Crippen MR) is 88.6 cm³/mol. The van der Waals surface area contributed by atoms with Gasteiger partial charge >= 0.3 is 0 Å². The van der Waals surface area contributed by atoms with Gasteiger partial charge in [0.2, 0.25) is 0 Å². The lowest BCUT2D eigenvalue weighted by atomic mass is 10.1. The Morgan fingerprint density at radius 1 is 1.24 bits per heavy atom. The fourth-order valence-corrected chi connectivity index (χ4v) is 3.36. The zero-order valence-electron chi connectivity index (χ0n) is 10.8. The standard InChI is InChI=1S/C16H9BrN2OS/c17-11-6-5-10(8-18)14(7-11)19-16(20)13-9-21-15-4-2-1-3-12(13)15/h1-7,9H,(H,19,20). The number of carbonyl (C=O) groups excluding carboxylic acids is 1. The Bertz CT molecular complexity index is 879. The van der Waals surface area contributed by atoms with Crippen molar-refractivity contribution >= 4 is 48.9 Å². The second kappa shape index (κ2) is 5.68. The maximum absolute atomic E-state index is 12.4. The largest absolute Gasteiger partial charge is 0.321 e. The minimum absolute atomic E-state index is 0.206. The summed E-state index contributed by atoms with van der Waals surface area (Å²) in [6.07, 6.45) is 0. The van der Waals surface area contributed by atoms with Crippen LogP contribution in [0.4, 0.5) is 5.69 Å². The van der Waals surface area contributed by atoms with Crippen LogP contribution in [0.15, 0.2) is 52.3 Å². The van der Waals surface area contributed by atoms with E-state index >= 15 is 0 Å². The molecule has 1 aromatic heterocycles. The molecule has 2 aromatic carbocycles. The van der Waals surface area contributed by atoms with E-state index in [-0.39, 0.29) is 5.91 Å². The van der Waals surface area contributed by atoms with Crippen LogP contribution in [0.5, 0.6) is 0 Å². The maximum Gasteiger partial charge on any atom is 0.257 e. The molecule has 0 unspecified atom stereocenters. The number of carbonyl (C=O) groups is 1. The van der Waals surface area contributed by atoms with Crippen LogP contribution in [-0.2, 0) is 0 Å². The molecule has 0 radical (unpaired) electrons. The molecule has 21 heavy (non-hydrogen) atoms. The van der Waals surface area contributed by atoms with E-state index in [9.17, 15) is 4.79 Å². The number of anilines is 1. The van der Waals surface area contributed by atoms with Crippen LogP contribution in [0.25, 0.3) is 10.1 Å². The van der Waals surface area contributed by atoms with Gasteiger partial charge in [-0.05, 0) is 24.3 Å². The minimum Gasteiger partial charge on any atom is -0.321 e. The Hall–Kier alpha value is -2.16. The van der Waals surface area contributed by atoms with Crippen LogP contribution in [0, 0.1) is 11.3 Å². The number of nitrogens with one attached hydrogen (secondary N) is 1. The molecule has 0 aliphatic carbocycles. The predicted octanol–water partition coefficient (Wildman–Crippen LogP) is 4.79. The maximum atomic E-state index is 12.4. The first-order chi connectivity index (χ1) is 10.2. The normalized spacial score (nSPS) is 10.3. The second-order valence-corrected chi connectivity index (χ2v) is 6.23. The van der Waals surface area contributed by atoms with Gasteiger partial charge in [0.05, 0.1) is 16.8 Å². The molecule has 1 heterocycles. The van der Waals surface area contributed by atoms with E-state index < -0.39 is 0 Å². The Balaban J connectivity index is 1.97. The van der Waals surface area contributed by atoms with Crippen LogP contribution in [0.3, 0.4) is 0 Å². The third-order valence-electron chi connectivity index (χ3n) is 3.08. The summed E-state index contributed by atoms with van der Waals surface area (Å²) in [5.74, 6) is -0.206. The summed E-state index contributed by atoms with van der Waals surface area (Å²) in [4.78, 5) is 12.4. The van der Waals surface area contributed by atoms with E-state index in [2.05, 4.69) is 27.3 Å². The summed E-state index contributed by atoms with van der Waals surface area (Å²) in [6, 6.07) is 15.0. The molecular formula is C16H9BrN2OS. The van der Waals surface area contributed by atoms with Gasteiger partial charge in [-0.3, -0.25) is 4.79 Å². The van der Waals surface area contributed by atoms with Crippen molar-refractivity contribution in [1.82, 2.24) is 0 Å². The summed E-state index contributed by atoms with van der Waals surface area (Å²) >= 11 is 4.88. The van der Waals surface area contributed by atoms with Gasteiger partial charge in [0.1, 0.15) is 6.07 Å². The van der Waals surface area contributed by atoms with Crippen LogP contribution >= 0.6 is 27.3 Å². The van der Waals surface area contributed by atoms with E-state index in [4.69, 9.17) is 5.26 Å². The molecule has 0 fully saturated rings. The van der Waals surface area contributed by atoms with Crippen molar-refractivity contribution < 1.29 is 4.79 Å². The highest BCUT2D eigenvalue weighted by Crippen LogP contribution is 2.27. The molecule has 0 spiro atoms. The van der Waals surface area contributed by atoms with Gasteiger partial charge in [-0.15, -0.1) is 11.3 Å². The van der Waals surface area contributed by atoms with Crippen molar-refractivity contribution in [1.29, 1.82) is 5.26 Å². The van der Waals surface area contributed by atoms with Crippen LogP contribution < -0.4 is 5.32 Å². The molecule has 102 valence electrons. The van der Waals surface area contributed by atoms with Gasteiger partial charge in [-0.2, -0.15) is 5.26 Å². The van der Waals surface area contributed by atoms with Crippen molar-refractivity contribution in [3.63, 3.8) is 0 Å². The first-order valence-corrected chi connectivity index (χ1v) is 7.83. The number of fused-ring (bicyclic) bond motifs is 1. The van der Waals surface area contributed by atoms with E-state index in [1.807, 2.05) is 29.6 Å². The summed E-state index contributed by atoms with van der Waals surface area (Å²) in [6.45, 7) is 0. The number of amides is 1. The zero-order valence-corrected chi connectivity index (χ0v) is 13.2. The Morgan fingerprint density at radius 3 is 2.86 bits per heavy atom. The highest BCUT2D eigenvalue weighted by Gasteiger charge is 2.14. The first-order valence-electron chi connectivity index (χ1n) is 6.16. The number of nitriles is 1. The molecule has 0 aliphatic heterocycles.